The molecule has 0 aliphatic carbocycles. The number of hydrogen-bond acceptors (Lipinski definition) is 5. The normalized spacial score (nSPS) is 10.2. The molecule has 2 rings (SSSR count). The predicted molar refractivity (Wildman–Crippen MR) is 76.6 cm³/mol. The first kappa shape index (κ1) is 14.8. The van der Waals surface area contributed by atoms with Crippen LogP contribution in [0.25, 0.3) is 0 Å². The first-order valence-corrected chi connectivity index (χ1v) is 6.66. The number of nitrogens with zero attached hydrogens (tertiary/aromatic N) is 2. The monoisotopic (exact) mass is 288 g/mol. The van der Waals surface area contributed by atoms with E-state index in [1.54, 1.807) is 31.3 Å². The lowest BCUT2D eigenvalue weighted by molar-refractivity contribution is 0.0526. The van der Waals surface area contributed by atoms with Crippen LogP contribution in [-0.2, 0) is 11.3 Å². The standard InChI is InChI=1S/C15H16N2O4/c1-3-17-9-8-16-13(14(17)18)21-12-7-5-6-11(10-12)15(19)20-4-2/h5-10H,3-4H2,1-2H3. The lowest BCUT2D eigenvalue weighted by atomic mass is 10.2. The minimum Gasteiger partial charge on any atom is -0.462 e. The highest BCUT2D eigenvalue weighted by atomic mass is 16.5. The molecule has 6 heteroatoms. The Bertz CT molecular complexity index is 694. The lowest BCUT2D eigenvalue weighted by Gasteiger charge is -2.07. The number of esters is 1. The Hall–Kier alpha value is -2.63. The van der Waals surface area contributed by atoms with Crippen LogP contribution in [0.1, 0.15) is 24.2 Å². The molecule has 1 aromatic carbocycles. The van der Waals surface area contributed by atoms with E-state index in [-0.39, 0.29) is 11.4 Å². The van der Waals surface area contributed by atoms with Crippen molar-refractivity contribution in [3.05, 3.63) is 52.6 Å². The Labute approximate surface area is 122 Å². The molecule has 0 unspecified atom stereocenters. The summed E-state index contributed by atoms with van der Waals surface area (Å²) in [6.07, 6.45) is 3.08. The summed E-state index contributed by atoms with van der Waals surface area (Å²) in [5.41, 5.74) is 0.0441. The third kappa shape index (κ3) is 3.47. The number of aromatic nitrogens is 2. The molecule has 0 fully saturated rings. The molecule has 0 saturated heterocycles. The van der Waals surface area contributed by atoms with Crippen molar-refractivity contribution < 1.29 is 14.3 Å². The van der Waals surface area contributed by atoms with Gasteiger partial charge < -0.3 is 14.0 Å². The summed E-state index contributed by atoms with van der Waals surface area (Å²) in [6, 6.07) is 6.44. The summed E-state index contributed by atoms with van der Waals surface area (Å²) in [7, 11) is 0. The van der Waals surface area contributed by atoms with Gasteiger partial charge in [0.1, 0.15) is 5.75 Å². The summed E-state index contributed by atoms with van der Waals surface area (Å²) in [5, 5.41) is 0. The molecular weight excluding hydrogens is 272 g/mol. The van der Waals surface area contributed by atoms with Gasteiger partial charge in [0.05, 0.1) is 12.2 Å². The minimum absolute atomic E-state index is 0.0274. The molecule has 0 radical (unpaired) electrons. The second kappa shape index (κ2) is 6.69. The van der Waals surface area contributed by atoms with Crippen molar-refractivity contribution in [2.24, 2.45) is 0 Å². The van der Waals surface area contributed by atoms with E-state index >= 15 is 0 Å². The van der Waals surface area contributed by atoms with Crippen molar-refractivity contribution in [3.8, 4) is 11.6 Å². The smallest absolute Gasteiger partial charge is 0.338 e. The van der Waals surface area contributed by atoms with Crippen LogP contribution < -0.4 is 10.3 Å². The molecule has 0 aliphatic rings. The van der Waals surface area contributed by atoms with E-state index in [2.05, 4.69) is 4.98 Å². The fourth-order valence-corrected chi connectivity index (χ4v) is 1.76. The van der Waals surface area contributed by atoms with Gasteiger partial charge in [-0.25, -0.2) is 9.78 Å². The van der Waals surface area contributed by atoms with E-state index < -0.39 is 5.97 Å². The molecular formula is C15H16N2O4. The zero-order valence-electron chi connectivity index (χ0n) is 11.9. The predicted octanol–water partition coefficient (Wildman–Crippen LogP) is 2.23. The number of carbonyl (C=O) groups is 1. The molecule has 0 bridgehead atoms. The number of carbonyl (C=O) groups excluding carboxylic acids is 1. The summed E-state index contributed by atoms with van der Waals surface area (Å²) in [6.45, 7) is 4.41. The van der Waals surface area contributed by atoms with Gasteiger partial charge in [0, 0.05) is 18.9 Å². The second-order valence-electron chi connectivity index (χ2n) is 4.17. The summed E-state index contributed by atoms with van der Waals surface area (Å²) >= 11 is 0. The maximum absolute atomic E-state index is 12.0. The Balaban J connectivity index is 2.26. The van der Waals surface area contributed by atoms with E-state index in [0.717, 1.165) is 0 Å². The quantitative estimate of drug-likeness (QED) is 0.789. The van der Waals surface area contributed by atoms with Crippen LogP contribution in [0.4, 0.5) is 0 Å². The topological polar surface area (TPSA) is 70.4 Å². The van der Waals surface area contributed by atoms with E-state index in [0.29, 0.717) is 24.5 Å². The van der Waals surface area contributed by atoms with Gasteiger partial charge in [-0.1, -0.05) is 6.07 Å². The fraction of sp³-hybridized carbons (Fsp3) is 0.267. The molecule has 21 heavy (non-hydrogen) atoms. The first-order valence-electron chi connectivity index (χ1n) is 6.66. The van der Waals surface area contributed by atoms with Gasteiger partial charge >= 0.3 is 11.5 Å². The third-order valence-corrected chi connectivity index (χ3v) is 2.78. The van der Waals surface area contributed by atoms with Crippen LogP contribution in [0.15, 0.2) is 41.5 Å². The summed E-state index contributed by atoms with van der Waals surface area (Å²) in [5.74, 6) is -0.102. The van der Waals surface area contributed by atoms with Crippen LogP contribution in [0.2, 0.25) is 0 Å². The van der Waals surface area contributed by atoms with Gasteiger partial charge in [-0.05, 0) is 32.0 Å². The van der Waals surface area contributed by atoms with Crippen LogP contribution in [0.3, 0.4) is 0 Å². The fourth-order valence-electron chi connectivity index (χ4n) is 1.76. The van der Waals surface area contributed by atoms with Crippen LogP contribution >= 0.6 is 0 Å². The molecule has 0 N–H and O–H groups in total. The minimum atomic E-state index is -0.435. The van der Waals surface area contributed by atoms with E-state index in [1.807, 2.05) is 6.92 Å². The summed E-state index contributed by atoms with van der Waals surface area (Å²) in [4.78, 5) is 27.6. The van der Waals surface area contributed by atoms with Crippen molar-refractivity contribution in [2.75, 3.05) is 6.61 Å². The van der Waals surface area contributed by atoms with Gasteiger partial charge in [0.15, 0.2) is 0 Å². The third-order valence-electron chi connectivity index (χ3n) is 2.78. The number of ether oxygens (including phenoxy) is 2. The number of hydrogen-bond donors (Lipinski definition) is 0. The second-order valence-corrected chi connectivity index (χ2v) is 4.17. The average molecular weight is 288 g/mol. The zero-order chi connectivity index (χ0) is 15.2. The molecule has 0 spiro atoms. The SMILES string of the molecule is CCOC(=O)c1cccc(Oc2nccn(CC)c2=O)c1. The highest BCUT2D eigenvalue weighted by Gasteiger charge is 2.10. The molecule has 0 saturated carbocycles. The van der Waals surface area contributed by atoms with Crippen molar-refractivity contribution in [3.63, 3.8) is 0 Å². The number of benzene rings is 1. The Kier molecular flexibility index (Phi) is 4.71. The molecule has 0 aliphatic heterocycles. The van der Waals surface area contributed by atoms with Gasteiger partial charge in [-0.15, -0.1) is 0 Å². The highest BCUT2D eigenvalue weighted by Crippen LogP contribution is 2.18. The average Bonchev–Trinajstić information content (AvgIpc) is 2.50. The molecule has 6 nitrogen and oxygen atoms in total. The van der Waals surface area contributed by atoms with E-state index in [4.69, 9.17) is 9.47 Å². The van der Waals surface area contributed by atoms with Gasteiger partial charge in [0.25, 0.3) is 5.88 Å². The molecule has 110 valence electrons. The molecule has 0 amide bonds. The van der Waals surface area contributed by atoms with Crippen molar-refractivity contribution in [2.45, 2.75) is 20.4 Å². The van der Waals surface area contributed by atoms with E-state index in [1.165, 1.54) is 16.8 Å². The first-order chi connectivity index (χ1) is 10.2. The number of aryl methyl sites for hydroxylation is 1. The molecule has 0 atom stereocenters. The maximum atomic E-state index is 12.0. The van der Waals surface area contributed by atoms with Crippen LogP contribution in [-0.4, -0.2) is 22.1 Å². The van der Waals surface area contributed by atoms with E-state index in [9.17, 15) is 9.59 Å². The molecule has 1 heterocycles. The summed E-state index contributed by atoms with van der Waals surface area (Å²) < 4.78 is 11.9. The Morgan fingerprint density at radius 1 is 1.33 bits per heavy atom. The highest BCUT2D eigenvalue weighted by molar-refractivity contribution is 5.89. The van der Waals surface area contributed by atoms with Gasteiger partial charge in [0.2, 0.25) is 0 Å². The largest absolute Gasteiger partial charge is 0.462 e. The van der Waals surface area contributed by atoms with Crippen molar-refractivity contribution in [1.29, 1.82) is 0 Å². The zero-order valence-corrected chi connectivity index (χ0v) is 11.9. The molecule has 1 aromatic heterocycles. The lowest BCUT2D eigenvalue weighted by Crippen LogP contribution is -2.20. The van der Waals surface area contributed by atoms with Crippen LogP contribution in [0.5, 0.6) is 11.6 Å². The van der Waals surface area contributed by atoms with Gasteiger partial charge in [-0.2, -0.15) is 0 Å². The number of rotatable bonds is 5. The van der Waals surface area contributed by atoms with Gasteiger partial charge in [-0.3, -0.25) is 4.79 Å². The molecule has 2 aromatic rings. The van der Waals surface area contributed by atoms with Crippen molar-refractivity contribution in [1.82, 2.24) is 9.55 Å². The van der Waals surface area contributed by atoms with Crippen molar-refractivity contribution >= 4 is 5.97 Å². The maximum Gasteiger partial charge on any atom is 0.338 e. The Morgan fingerprint density at radius 3 is 2.86 bits per heavy atom. The van der Waals surface area contributed by atoms with Crippen LogP contribution in [0, 0.1) is 0 Å². The Morgan fingerprint density at radius 2 is 2.14 bits per heavy atom.